The third kappa shape index (κ3) is 3.12. The number of benzene rings is 1. The second kappa shape index (κ2) is 6.14. The molecule has 20 heavy (non-hydrogen) atoms. The van der Waals surface area contributed by atoms with Crippen LogP contribution in [-0.2, 0) is 6.54 Å². The van der Waals surface area contributed by atoms with Gasteiger partial charge in [0, 0.05) is 26.2 Å². The average Bonchev–Trinajstić information content (AvgIpc) is 2.46. The van der Waals surface area contributed by atoms with Crippen molar-refractivity contribution >= 4 is 11.5 Å². The van der Waals surface area contributed by atoms with Crippen LogP contribution >= 0.6 is 0 Å². The molecule has 0 saturated heterocycles. The quantitative estimate of drug-likeness (QED) is 0.876. The Bertz CT molecular complexity index is 568. The van der Waals surface area contributed by atoms with Crippen LogP contribution in [-0.4, -0.2) is 31.3 Å². The van der Waals surface area contributed by atoms with Crippen molar-refractivity contribution in [3.63, 3.8) is 0 Å². The lowest BCUT2D eigenvalue weighted by molar-refractivity contribution is 0.371. The van der Waals surface area contributed by atoms with Crippen LogP contribution in [0.4, 0.5) is 11.5 Å². The van der Waals surface area contributed by atoms with Gasteiger partial charge >= 0.3 is 0 Å². The number of aromatic nitrogens is 1. The molecule has 0 unspecified atom stereocenters. The van der Waals surface area contributed by atoms with Crippen molar-refractivity contribution in [2.75, 3.05) is 31.4 Å². The standard InChI is InChI=1S/C15H19N3O2/c1-18(2)14-8-7-12(10-17-14)16-9-11-5-4-6-13(20-3)15(11)19/h4-8,10,16,19H,9H2,1-3H3. The first kappa shape index (κ1) is 14.0. The van der Waals surface area contributed by atoms with Crippen LogP contribution in [0.2, 0.25) is 0 Å². The minimum atomic E-state index is 0.167. The Morgan fingerprint density at radius 2 is 2.05 bits per heavy atom. The lowest BCUT2D eigenvalue weighted by atomic mass is 10.2. The zero-order valence-electron chi connectivity index (χ0n) is 11.9. The molecule has 2 N–H and O–H groups in total. The molecule has 5 nitrogen and oxygen atoms in total. The zero-order valence-corrected chi connectivity index (χ0v) is 11.9. The topological polar surface area (TPSA) is 57.6 Å². The smallest absolute Gasteiger partial charge is 0.162 e. The van der Waals surface area contributed by atoms with Gasteiger partial charge in [-0.2, -0.15) is 0 Å². The predicted molar refractivity (Wildman–Crippen MR) is 80.5 cm³/mol. The molecule has 2 aromatic rings. The summed E-state index contributed by atoms with van der Waals surface area (Å²) in [5.74, 6) is 1.55. The zero-order chi connectivity index (χ0) is 14.5. The molecule has 0 radical (unpaired) electrons. The highest BCUT2D eigenvalue weighted by Crippen LogP contribution is 2.29. The third-order valence-electron chi connectivity index (χ3n) is 2.99. The van der Waals surface area contributed by atoms with Crippen molar-refractivity contribution in [2.45, 2.75) is 6.54 Å². The van der Waals surface area contributed by atoms with Gasteiger partial charge in [0.05, 0.1) is 19.0 Å². The molecule has 0 aliphatic rings. The number of para-hydroxylation sites is 1. The van der Waals surface area contributed by atoms with Gasteiger partial charge in [-0.25, -0.2) is 4.98 Å². The van der Waals surface area contributed by atoms with E-state index in [1.54, 1.807) is 12.3 Å². The number of nitrogens with zero attached hydrogens (tertiary/aromatic N) is 2. The highest BCUT2D eigenvalue weighted by atomic mass is 16.5. The maximum absolute atomic E-state index is 10.00. The maximum Gasteiger partial charge on any atom is 0.162 e. The van der Waals surface area contributed by atoms with E-state index in [4.69, 9.17) is 4.74 Å². The molecule has 1 aromatic carbocycles. The highest BCUT2D eigenvalue weighted by Gasteiger charge is 2.07. The van der Waals surface area contributed by atoms with Crippen molar-refractivity contribution in [2.24, 2.45) is 0 Å². The summed E-state index contributed by atoms with van der Waals surface area (Å²) in [6.45, 7) is 0.506. The number of rotatable bonds is 5. The fourth-order valence-electron chi connectivity index (χ4n) is 1.83. The van der Waals surface area contributed by atoms with E-state index in [1.807, 2.05) is 43.3 Å². The van der Waals surface area contributed by atoms with Crippen LogP contribution in [0.3, 0.4) is 0 Å². The van der Waals surface area contributed by atoms with Gasteiger partial charge < -0.3 is 20.1 Å². The first-order valence-corrected chi connectivity index (χ1v) is 6.34. The molecule has 0 bridgehead atoms. The van der Waals surface area contributed by atoms with Gasteiger partial charge in [-0.3, -0.25) is 0 Å². The van der Waals surface area contributed by atoms with Gasteiger partial charge in [0.2, 0.25) is 0 Å². The molecule has 0 aliphatic carbocycles. The van der Waals surface area contributed by atoms with E-state index in [2.05, 4.69) is 10.3 Å². The Kier molecular flexibility index (Phi) is 4.30. The number of anilines is 2. The van der Waals surface area contributed by atoms with E-state index < -0.39 is 0 Å². The molecule has 0 aliphatic heterocycles. The molecule has 2 rings (SSSR count). The Balaban J connectivity index is 2.05. The number of methoxy groups -OCH3 is 1. The van der Waals surface area contributed by atoms with Crippen LogP contribution in [0.25, 0.3) is 0 Å². The van der Waals surface area contributed by atoms with Gasteiger partial charge in [-0.15, -0.1) is 0 Å². The summed E-state index contributed by atoms with van der Waals surface area (Å²) in [5, 5.41) is 13.2. The summed E-state index contributed by atoms with van der Waals surface area (Å²) in [6, 6.07) is 9.33. The molecule has 0 spiro atoms. The van der Waals surface area contributed by atoms with Crippen LogP contribution < -0.4 is 15.0 Å². The summed E-state index contributed by atoms with van der Waals surface area (Å²) in [4.78, 5) is 6.26. The van der Waals surface area contributed by atoms with E-state index in [0.717, 1.165) is 17.1 Å². The first-order chi connectivity index (χ1) is 9.61. The number of nitrogens with one attached hydrogen (secondary N) is 1. The monoisotopic (exact) mass is 273 g/mol. The average molecular weight is 273 g/mol. The number of phenols is 1. The minimum absolute atomic E-state index is 0.167. The molecule has 0 fully saturated rings. The van der Waals surface area contributed by atoms with Gasteiger partial charge in [0.25, 0.3) is 0 Å². The molecule has 0 atom stereocenters. The maximum atomic E-state index is 10.00. The fourth-order valence-corrected chi connectivity index (χ4v) is 1.83. The third-order valence-corrected chi connectivity index (χ3v) is 2.99. The van der Waals surface area contributed by atoms with E-state index in [-0.39, 0.29) is 5.75 Å². The molecular weight excluding hydrogens is 254 g/mol. The first-order valence-electron chi connectivity index (χ1n) is 6.34. The molecular formula is C15H19N3O2. The molecule has 0 saturated carbocycles. The number of aromatic hydroxyl groups is 1. The Morgan fingerprint density at radius 3 is 2.65 bits per heavy atom. The summed E-state index contributed by atoms with van der Waals surface area (Å²) in [7, 11) is 5.43. The summed E-state index contributed by atoms with van der Waals surface area (Å²) in [6.07, 6.45) is 1.77. The summed E-state index contributed by atoms with van der Waals surface area (Å²) < 4.78 is 5.08. The van der Waals surface area contributed by atoms with E-state index >= 15 is 0 Å². The molecule has 0 amide bonds. The van der Waals surface area contributed by atoms with Crippen molar-refractivity contribution < 1.29 is 9.84 Å². The van der Waals surface area contributed by atoms with Crippen LogP contribution in [0.5, 0.6) is 11.5 Å². The second-order valence-electron chi connectivity index (χ2n) is 4.62. The number of ether oxygens (including phenoxy) is 1. The van der Waals surface area contributed by atoms with E-state index in [9.17, 15) is 5.11 Å². The number of hydrogen-bond donors (Lipinski definition) is 2. The van der Waals surface area contributed by atoms with Gasteiger partial charge in [-0.05, 0) is 18.2 Å². The number of phenolic OH excluding ortho intramolecular Hbond substituents is 1. The van der Waals surface area contributed by atoms with Gasteiger partial charge in [0.15, 0.2) is 11.5 Å². The fraction of sp³-hybridized carbons (Fsp3) is 0.267. The lowest BCUT2D eigenvalue weighted by Crippen LogP contribution is -2.10. The van der Waals surface area contributed by atoms with Crippen molar-refractivity contribution in [1.82, 2.24) is 4.98 Å². The SMILES string of the molecule is COc1cccc(CNc2ccc(N(C)C)nc2)c1O. The van der Waals surface area contributed by atoms with Crippen molar-refractivity contribution in [3.8, 4) is 11.5 Å². The minimum Gasteiger partial charge on any atom is -0.504 e. The number of hydrogen-bond acceptors (Lipinski definition) is 5. The molecule has 5 heteroatoms. The van der Waals surface area contributed by atoms with E-state index in [1.165, 1.54) is 7.11 Å². The van der Waals surface area contributed by atoms with Crippen LogP contribution in [0.15, 0.2) is 36.5 Å². The Labute approximate surface area is 118 Å². The Hall–Kier alpha value is -2.43. The van der Waals surface area contributed by atoms with E-state index in [0.29, 0.717) is 12.3 Å². The highest BCUT2D eigenvalue weighted by molar-refractivity contribution is 5.50. The summed E-state index contributed by atoms with van der Waals surface area (Å²) >= 11 is 0. The normalized spacial score (nSPS) is 10.2. The van der Waals surface area contributed by atoms with Crippen LogP contribution in [0.1, 0.15) is 5.56 Å². The lowest BCUT2D eigenvalue weighted by Gasteiger charge is -2.13. The van der Waals surface area contributed by atoms with Gasteiger partial charge in [-0.1, -0.05) is 12.1 Å². The van der Waals surface area contributed by atoms with Crippen LogP contribution in [0, 0.1) is 0 Å². The summed E-state index contributed by atoms with van der Waals surface area (Å²) in [5.41, 5.74) is 1.68. The largest absolute Gasteiger partial charge is 0.504 e. The van der Waals surface area contributed by atoms with Gasteiger partial charge in [0.1, 0.15) is 5.82 Å². The predicted octanol–water partition coefficient (Wildman–Crippen LogP) is 2.47. The molecule has 106 valence electrons. The van der Waals surface area contributed by atoms with Crippen molar-refractivity contribution in [3.05, 3.63) is 42.1 Å². The molecule has 1 heterocycles. The second-order valence-corrected chi connectivity index (χ2v) is 4.62. The Morgan fingerprint density at radius 1 is 1.25 bits per heavy atom. The van der Waals surface area contributed by atoms with Crippen molar-refractivity contribution in [1.29, 1.82) is 0 Å². The number of pyridine rings is 1. The molecule has 1 aromatic heterocycles.